The van der Waals surface area contributed by atoms with Gasteiger partial charge in [0.15, 0.2) is 0 Å². The van der Waals surface area contributed by atoms with Gasteiger partial charge in [0.1, 0.15) is 0 Å². The van der Waals surface area contributed by atoms with Crippen LogP contribution in [0.3, 0.4) is 0 Å². The number of benzene rings is 1. The first-order chi connectivity index (χ1) is 11.5. The van der Waals surface area contributed by atoms with Crippen molar-refractivity contribution in [3.63, 3.8) is 0 Å². The molecule has 0 spiro atoms. The number of carbonyl (C=O) groups excluding carboxylic acids is 2. The SMILES string of the molecule is Cc1ccc(Cn2cccc2C(=O)C(=O)NC2CCCC2)cc1C. The molecule has 4 heteroatoms. The highest BCUT2D eigenvalue weighted by molar-refractivity contribution is 6.42. The summed E-state index contributed by atoms with van der Waals surface area (Å²) in [6.45, 7) is 4.75. The van der Waals surface area contributed by atoms with Gasteiger partial charge in [-0.1, -0.05) is 31.0 Å². The van der Waals surface area contributed by atoms with Crippen molar-refractivity contribution in [3.05, 3.63) is 58.9 Å². The lowest BCUT2D eigenvalue weighted by atomic mass is 10.1. The van der Waals surface area contributed by atoms with Crippen LogP contribution in [0.15, 0.2) is 36.5 Å². The molecule has 1 saturated carbocycles. The van der Waals surface area contributed by atoms with Crippen LogP contribution in [-0.2, 0) is 11.3 Å². The molecule has 1 fully saturated rings. The van der Waals surface area contributed by atoms with E-state index in [2.05, 4.69) is 37.4 Å². The number of ketones is 1. The Bertz CT molecular complexity index is 755. The number of rotatable bonds is 5. The molecule has 1 amide bonds. The number of nitrogens with one attached hydrogen (secondary N) is 1. The van der Waals surface area contributed by atoms with Crippen molar-refractivity contribution < 1.29 is 9.59 Å². The first kappa shape index (κ1) is 16.5. The van der Waals surface area contributed by atoms with Gasteiger partial charge in [-0.05, 0) is 55.5 Å². The monoisotopic (exact) mass is 324 g/mol. The van der Waals surface area contributed by atoms with Crippen LogP contribution in [0.5, 0.6) is 0 Å². The summed E-state index contributed by atoms with van der Waals surface area (Å²) in [5.74, 6) is -0.933. The smallest absolute Gasteiger partial charge is 0.294 e. The van der Waals surface area contributed by atoms with Gasteiger partial charge >= 0.3 is 0 Å². The summed E-state index contributed by atoms with van der Waals surface area (Å²) in [6.07, 6.45) is 6.06. The summed E-state index contributed by atoms with van der Waals surface area (Å²) in [6, 6.07) is 9.97. The Hall–Kier alpha value is -2.36. The summed E-state index contributed by atoms with van der Waals surface area (Å²) in [7, 11) is 0. The maximum Gasteiger partial charge on any atom is 0.294 e. The van der Waals surface area contributed by atoms with Crippen molar-refractivity contribution >= 4 is 11.7 Å². The molecule has 3 rings (SSSR count). The highest BCUT2D eigenvalue weighted by Crippen LogP contribution is 2.18. The van der Waals surface area contributed by atoms with Crippen molar-refractivity contribution in [2.24, 2.45) is 0 Å². The van der Waals surface area contributed by atoms with Crippen LogP contribution in [0.4, 0.5) is 0 Å². The lowest BCUT2D eigenvalue weighted by Gasteiger charge is -2.13. The minimum Gasteiger partial charge on any atom is -0.346 e. The molecule has 0 bridgehead atoms. The zero-order valence-corrected chi connectivity index (χ0v) is 14.3. The molecule has 1 aromatic heterocycles. The van der Waals surface area contributed by atoms with Crippen LogP contribution in [0.2, 0.25) is 0 Å². The van der Waals surface area contributed by atoms with Crippen LogP contribution < -0.4 is 5.32 Å². The summed E-state index contributed by atoms with van der Waals surface area (Å²) < 4.78 is 1.85. The number of hydrogen-bond donors (Lipinski definition) is 1. The molecule has 0 radical (unpaired) electrons. The Morgan fingerprint density at radius 1 is 1.12 bits per heavy atom. The second kappa shape index (κ2) is 7.04. The van der Waals surface area contributed by atoms with Gasteiger partial charge in [-0.25, -0.2) is 0 Å². The highest BCUT2D eigenvalue weighted by atomic mass is 16.2. The third-order valence-corrected chi connectivity index (χ3v) is 4.88. The third kappa shape index (κ3) is 3.58. The number of aryl methyl sites for hydroxylation is 2. The highest BCUT2D eigenvalue weighted by Gasteiger charge is 2.24. The number of hydrogen-bond acceptors (Lipinski definition) is 2. The minimum atomic E-state index is -0.484. The van der Waals surface area contributed by atoms with Gasteiger partial charge in [0.25, 0.3) is 11.7 Å². The largest absolute Gasteiger partial charge is 0.346 e. The van der Waals surface area contributed by atoms with Gasteiger partial charge in [0.05, 0.1) is 5.69 Å². The fourth-order valence-corrected chi connectivity index (χ4v) is 3.29. The van der Waals surface area contributed by atoms with E-state index in [-0.39, 0.29) is 6.04 Å². The maximum absolute atomic E-state index is 12.5. The van der Waals surface area contributed by atoms with E-state index in [4.69, 9.17) is 0 Å². The molecule has 0 saturated heterocycles. The van der Waals surface area contributed by atoms with Crippen molar-refractivity contribution in [1.82, 2.24) is 9.88 Å². The van der Waals surface area contributed by atoms with Gasteiger partial charge in [-0.15, -0.1) is 0 Å². The zero-order valence-electron chi connectivity index (χ0n) is 14.3. The average molecular weight is 324 g/mol. The number of carbonyl (C=O) groups is 2. The molecule has 126 valence electrons. The van der Waals surface area contributed by atoms with E-state index in [1.165, 1.54) is 11.1 Å². The minimum absolute atomic E-state index is 0.157. The lowest BCUT2D eigenvalue weighted by molar-refractivity contribution is -0.117. The Kier molecular flexibility index (Phi) is 4.84. The first-order valence-electron chi connectivity index (χ1n) is 8.61. The Morgan fingerprint density at radius 3 is 2.58 bits per heavy atom. The van der Waals surface area contributed by atoms with Crippen LogP contribution in [0.1, 0.15) is 52.9 Å². The summed E-state index contributed by atoms with van der Waals surface area (Å²) in [4.78, 5) is 24.7. The molecule has 1 aliphatic rings. The lowest BCUT2D eigenvalue weighted by Crippen LogP contribution is -2.38. The summed E-state index contributed by atoms with van der Waals surface area (Å²) in [5.41, 5.74) is 4.05. The van der Waals surface area contributed by atoms with Gasteiger partial charge < -0.3 is 9.88 Å². The van der Waals surface area contributed by atoms with E-state index < -0.39 is 11.7 Å². The van der Waals surface area contributed by atoms with Crippen LogP contribution in [0, 0.1) is 13.8 Å². The molecular weight excluding hydrogens is 300 g/mol. The Labute approximate surface area is 142 Å². The molecule has 1 aliphatic carbocycles. The second-order valence-corrected chi connectivity index (χ2v) is 6.72. The molecule has 24 heavy (non-hydrogen) atoms. The summed E-state index contributed by atoms with van der Waals surface area (Å²) in [5, 5.41) is 2.87. The fourth-order valence-electron chi connectivity index (χ4n) is 3.29. The van der Waals surface area contributed by atoms with E-state index in [1.807, 2.05) is 16.8 Å². The molecule has 0 unspecified atom stereocenters. The van der Waals surface area contributed by atoms with Gasteiger partial charge in [-0.2, -0.15) is 0 Å². The molecule has 1 aromatic carbocycles. The summed E-state index contributed by atoms with van der Waals surface area (Å²) >= 11 is 0. The van der Waals surface area contributed by atoms with E-state index in [0.717, 1.165) is 31.2 Å². The van der Waals surface area contributed by atoms with Crippen molar-refractivity contribution in [2.75, 3.05) is 0 Å². The molecule has 4 nitrogen and oxygen atoms in total. The average Bonchev–Trinajstić information content (AvgIpc) is 3.22. The number of amides is 1. The Morgan fingerprint density at radius 2 is 1.88 bits per heavy atom. The molecule has 2 aromatic rings. The van der Waals surface area contributed by atoms with Crippen LogP contribution in [0.25, 0.3) is 0 Å². The topological polar surface area (TPSA) is 51.1 Å². The van der Waals surface area contributed by atoms with E-state index in [1.54, 1.807) is 6.07 Å². The third-order valence-electron chi connectivity index (χ3n) is 4.88. The van der Waals surface area contributed by atoms with Crippen molar-refractivity contribution in [3.8, 4) is 0 Å². The molecule has 1 heterocycles. The van der Waals surface area contributed by atoms with Crippen LogP contribution >= 0.6 is 0 Å². The standard InChI is InChI=1S/C20H24N2O2/c1-14-9-10-16(12-15(14)2)13-22-11-5-8-18(22)19(23)20(24)21-17-6-3-4-7-17/h5,8-12,17H,3-4,6-7,13H2,1-2H3,(H,21,24). The number of Topliss-reactive ketones (excluding diaryl/α,β-unsaturated/α-hetero) is 1. The maximum atomic E-state index is 12.5. The quantitative estimate of drug-likeness (QED) is 0.677. The second-order valence-electron chi connectivity index (χ2n) is 6.72. The molecule has 0 aliphatic heterocycles. The van der Waals surface area contributed by atoms with E-state index >= 15 is 0 Å². The predicted octanol–water partition coefficient (Wildman–Crippen LogP) is 3.39. The normalized spacial score (nSPS) is 14.8. The van der Waals surface area contributed by atoms with E-state index in [0.29, 0.717) is 12.2 Å². The van der Waals surface area contributed by atoms with Crippen LogP contribution in [-0.4, -0.2) is 22.3 Å². The van der Waals surface area contributed by atoms with Gasteiger partial charge in [0.2, 0.25) is 0 Å². The van der Waals surface area contributed by atoms with Crippen molar-refractivity contribution in [1.29, 1.82) is 0 Å². The Balaban J connectivity index is 1.72. The first-order valence-corrected chi connectivity index (χ1v) is 8.61. The van der Waals surface area contributed by atoms with Crippen molar-refractivity contribution in [2.45, 2.75) is 52.1 Å². The molecule has 1 N–H and O–H groups in total. The molecule has 0 atom stereocenters. The molecular formula is C20H24N2O2. The number of nitrogens with zero attached hydrogens (tertiary/aromatic N) is 1. The zero-order chi connectivity index (χ0) is 17.1. The predicted molar refractivity (Wildman–Crippen MR) is 94.2 cm³/mol. The fraction of sp³-hybridized carbons (Fsp3) is 0.400. The van der Waals surface area contributed by atoms with Gasteiger partial charge in [0, 0.05) is 18.8 Å². The van der Waals surface area contributed by atoms with Gasteiger partial charge in [-0.3, -0.25) is 9.59 Å². The van der Waals surface area contributed by atoms with E-state index in [9.17, 15) is 9.59 Å². The number of aromatic nitrogens is 1.